The SMILES string of the molecule is CC(C)[Si](C#CC(O)C#CC#Cc1ccccc1)(C(C)C)C(C)C. The van der Waals surface area contributed by atoms with Gasteiger partial charge < -0.3 is 5.11 Å². The molecule has 0 aromatic heterocycles. The lowest BCUT2D eigenvalue weighted by Gasteiger charge is -2.38. The molecule has 0 aliphatic rings. The van der Waals surface area contributed by atoms with Crippen LogP contribution in [-0.4, -0.2) is 19.3 Å². The molecule has 1 aromatic rings. The van der Waals surface area contributed by atoms with E-state index in [1.807, 2.05) is 30.3 Å². The van der Waals surface area contributed by atoms with E-state index in [2.05, 4.69) is 76.7 Å². The molecular formula is C22H28OSi. The first-order chi connectivity index (χ1) is 11.3. The zero-order chi connectivity index (χ0) is 18.2. The molecule has 0 radical (unpaired) electrons. The van der Waals surface area contributed by atoms with Gasteiger partial charge in [-0.25, -0.2) is 0 Å². The van der Waals surface area contributed by atoms with Gasteiger partial charge in [-0.2, -0.15) is 0 Å². The maximum Gasteiger partial charge on any atom is 0.176 e. The molecule has 0 spiro atoms. The fourth-order valence-corrected chi connectivity index (χ4v) is 8.64. The lowest BCUT2D eigenvalue weighted by molar-refractivity contribution is 0.290. The Morgan fingerprint density at radius 1 is 0.792 bits per heavy atom. The highest BCUT2D eigenvalue weighted by molar-refractivity contribution is 6.90. The van der Waals surface area contributed by atoms with Gasteiger partial charge in [-0.05, 0) is 46.5 Å². The molecule has 1 unspecified atom stereocenters. The summed E-state index contributed by atoms with van der Waals surface area (Å²) in [4.78, 5) is 0. The van der Waals surface area contributed by atoms with E-state index in [0.29, 0.717) is 16.6 Å². The second-order valence-corrected chi connectivity index (χ2v) is 12.5. The second-order valence-electron chi connectivity index (χ2n) is 6.95. The van der Waals surface area contributed by atoms with Crippen molar-refractivity contribution in [2.24, 2.45) is 0 Å². The summed E-state index contributed by atoms with van der Waals surface area (Å²) in [5, 5.41) is 10.1. The average Bonchev–Trinajstić information content (AvgIpc) is 2.52. The van der Waals surface area contributed by atoms with Gasteiger partial charge in [0.2, 0.25) is 0 Å². The molecular weight excluding hydrogens is 308 g/mol. The molecule has 1 atom stereocenters. The predicted octanol–water partition coefficient (Wildman–Crippen LogP) is 4.62. The highest BCUT2D eigenvalue weighted by atomic mass is 28.3. The lowest BCUT2D eigenvalue weighted by atomic mass is 10.2. The van der Waals surface area contributed by atoms with Crippen LogP contribution in [0.1, 0.15) is 47.1 Å². The van der Waals surface area contributed by atoms with E-state index in [4.69, 9.17) is 0 Å². The predicted molar refractivity (Wildman–Crippen MR) is 106 cm³/mol. The number of hydrogen-bond donors (Lipinski definition) is 1. The standard InChI is InChI=1S/C22H28OSi/c1-18(2)24(19(3)4,20(5)6)17-16-22(23)15-11-10-14-21-12-8-7-9-13-21/h7-9,12-13,18-20,22-23H,1-6H3. The molecule has 2 heteroatoms. The highest BCUT2D eigenvalue weighted by Crippen LogP contribution is 2.40. The summed E-state index contributed by atoms with van der Waals surface area (Å²) in [5.41, 5.74) is 6.03. The van der Waals surface area contributed by atoms with Crippen molar-refractivity contribution in [2.45, 2.75) is 64.3 Å². The fraction of sp³-hybridized carbons (Fsp3) is 0.455. The minimum absolute atomic E-state index is 0.544. The number of rotatable bonds is 3. The van der Waals surface area contributed by atoms with Gasteiger partial charge in [-0.1, -0.05) is 71.6 Å². The average molecular weight is 337 g/mol. The van der Waals surface area contributed by atoms with Gasteiger partial charge in [0.1, 0.15) is 8.07 Å². The smallest absolute Gasteiger partial charge is 0.176 e. The van der Waals surface area contributed by atoms with E-state index in [1.54, 1.807) is 0 Å². The molecule has 0 saturated heterocycles. The van der Waals surface area contributed by atoms with E-state index in [-0.39, 0.29) is 0 Å². The van der Waals surface area contributed by atoms with Crippen LogP contribution in [-0.2, 0) is 0 Å². The molecule has 0 fully saturated rings. The van der Waals surface area contributed by atoms with Crippen LogP contribution in [0.4, 0.5) is 0 Å². The van der Waals surface area contributed by atoms with Gasteiger partial charge in [-0.15, -0.1) is 5.54 Å². The molecule has 0 saturated carbocycles. The Kier molecular flexibility index (Phi) is 7.87. The van der Waals surface area contributed by atoms with Crippen LogP contribution in [0.15, 0.2) is 30.3 Å². The fourth-order valence-electron chi connectivity index (χ4n) is 3.39. The molecule has 1 aromatic carbocycles. The monoisotopic (exact) mass is 336 g/mol. The second kappa shape index (κ2) is 9.39. The van der Waals surface area contributed by atoms with Crippen LogP contribution in [0.25, 0.3) is 0 Å². The largest absolute Gasteiger partial charge is 0.369 e. The van der Waals surface area contributed by atoms with Crippen LogP contribution >= 0.6 is 0 Å². The minimum atomic E-state index is -1.82. The third kappa shape index (κ3) is 5.32. The van der Waals surface area contributed by atoms with Crippen LogP contribution in [0.5, 0.6) is 0 Å². The first kappa shape index (κ1) is 20.1. The Balaban J connectivity index is 2.92. The molecule has 0 aliphatic heterocycles. The molecule has 0 amide bonds. The summed E-state index contributed by atoms with van der Waals surface area (Å²) < 4.78 is 0. The van der Waals surface area contributed by atoms with E-state index in [9.17, 15) is 5.11 Å². The molecule has 24 heavy (non-hydrogen) atoms. The molecule has 126 valence electrons. The first-order valence-corrected chi connectivity index (χ1v) is 10.8. The van der Waals surface area contributed by atoms with Crippen molar-refractivity contribution in [3.05, 3.63) is 35.9 Å². The Bertz CT molecular complexity index is 675. The summed E-state index contributed by atoms with van der Waals surface area (Å²) in [6.07, 6.45) is -0.932. The van der Waals surface area contributed by atoms with Crippen LogP contribution in [0, 0.1) is 35.1 Å². The molecule has 0 aliphatic carbocycles. The van der Waals surface area contributed by atoms with Crippen molar-refractivity contribution in [3.8, 4) is 35.1 Å². The van der Waals surface area contributed by atoms with E-state index in [1.165, 1.54) is 0 Å². The van der Waals surface area contributed by atoms with Crippen molar-refractivity contribution in [1.29, 1.82) is 0 Å². The van der Waals surface area contributed by atoms with Gasteiger partial charge in [0.25, 0.3) is 0 Å². The van der Waals surface area contributed by atoms with Crippen LogP contribution in [0.3, 0.4) is 0 Å². The molecule has 0 heterocycles. The number of aliphatic hydroxyl groups is 1. The van der Waals surface area contributed by atoms with E-state index >= 15 is 0 Å². The van der Waals surface area contributed by atoms with Gasteiger partial charge in [0, 0.05) is 5.56 Å². The number of aliphatic hydroxyl groups excluding tert-OH is 1. The topological polar surface area (TPSA) is 20.2 Å². The van der Waals surface area contributed by atoms with E-state index < -0.39 is 14.2 Å². The van der Waals surface area contributed by atoms with Gasteiger partial charge in [0.05, 0.1) is 0 Å². The maximum absolute atomic E-state index is 10.1. The Labute approximate surface area is 148 Å². The highest BCUT2D eigenvalue weighted by Gasteiger charge is 2.41. The zero-order valence-corrected chi connectivity index (χ0v) is 16.6. The third-order valence-electron chi connectivity index (χ3n) is 4.54. The Morgan fingerprint density at radius 3 is 1.83 bits per heavy atom. The lowest BCUT2D eigenvalue weighted by Crippen LogP contribution is -2.43. The number of hydrogen-bond acceptors (Lipinski definition) is 1. The summed E-state index contributed by atoms with van der Waals surface area (Å²) >= 11 is 0. The molecule has 1 N–H and O–H groups in total. The van der Waals surface area contributed by atoms with E-state index in [0.717, 1.165) is 5.56 Å². The van der Waals surface area contributed by atoms with Gasteiger partial charge in [-0.3, -0.25) is 0 Å². The summed E-state index contributed by atoms with van der Waals surface area (Å²) in [7, 11) is -1.82. The minimum Gasteiger partial charge on any atom is -0.369 e. The molecule has 1 rings (SSSR count). The molecule has 1 nitrogen and oxygen atoms in total. The normalized spacial score (nSPS) is 11.9. The van der Waals surface area contributed by atoms with Gasteiger partial charge in [0.15, 0.2) is 6.10 Å². The van der Waals surface area contributed by atoms with Crippen molar-refractivity contribution in [1.82, 2.24) is 0 Å². The third-order valence-corrected chi connectivity index (χ3v) is 10.9. The summed E-state index contributed by atoms with van der Waals surface area (Å²) in [5.74, 6) is 14.1. The van der Waals surface area contributed by atoms with Gasteiger partial charge >= 0.3 is 0 Å². The van der Waals surface area contributed by atoms with Crippen molar-refractivity contribution >= 4 is 8.07 Å². The van der Waals surface area contributed by atoms with Crippen LogP contribution < -0.4 is 0 Å². The maximum atomic E-state index is 10.1. The zero-order valence-electron chi connectivity index (χ0n) is 15.6. The Morgan fingerprint density at radius 2 is 1.33 bits per heavy atom. The van der Waals surface area contributed by atoms with Crippen molar-refractivity contribution in [2.75, 3.05) is 0 Å². The Hall–Kier alpha value is -1.92. The first-order valence-electron chi connectivity index (χ1n) is 8.58. The summed E-state index contributed by atoms with van der Waals surface area (Å²) in [6.45, 7) is 13.5. The quantitative estimate of drug-likeness (QED) is 0.630. The van der Waals surface area contributed by atoms with Crippen molar-refractivity contribution < 1.29 is 5.11 Å². The van der Waals surface area contributed by atoms with Crippen molar-refractivity contribution in [3.63, 3.8) is 0 Å². The molecule has 0 bridgehead atoms. The number of benzene rings is 1. The van der Waals surface area contributed by atoms with Crippen LogP contribution in [0.2, 0.25) is 16.6 Å². The summed E-state index contributed by atoms with van der Waals surface area (Å²) in [6, 6.07) is 9.68.